The van der Waals surface area contributed by atoms with Crippen LogP contribution in [0.15, 0.2) is 42.7 Å². The Morgan fingerprint density at radius 3 is 2.67 bits per heavy atom. The van der Waals surface area contributed by atoms with E-state index in [0.29, 0.717) is 13.0 Å². The van der Waals surface area contributed by atoms with Crippen molar-refractivity contribution in [2.45, 2.75) is 38.9 Å². The summed E-state index contributed by atoms with van der Waals surface area (Å²) in [5.74, 6) is 0.591. The third-order valence-electron chi connectivity index (χ3n) is 3.28. The molecule has 1 unspecified atom stereocenters. The Hall–Kier alpha value is -2.14. The number of imidazole rings is 1. The van der Waals surface area contributed by atoms with E-state index in [0.717, 1.165) is 11.4 Å². The normalized spacial score (nSPS) is 12.5. The Morgan fingerprint density at radius 2 is 2.05 bits per heavy atom. The van der Waals surface area contributed by atoms with Gasteiger partial charge in [-0.1, -0.05) is 44.2 Å². The van der Waals surface area contributed by atoms with Crippen molar-refractivity contribution < 1.29 is 4.79 Å². The van der Waals surface area contributed by atoms with Crippen LogP contribution >= 0.6 is 0 Å². The number of hydrogen-bond acceptors (Lipinski definition) is 3. The Kier molecular flexibility index (Phi) is 5.11. The third-order valence-corrected chi connectivity index (χ3v) is 3.28. The van der Waals surface area contributed by atoms with Crippen molar-refractivity contribution in [3.8, 4) is 11.4 Å². The lowest BCUT2D eigenvalue weighted by Gasteiger charge is -2.19. The van der Waals surface area contributed by atoms with Gasteiger partial charge in [0.15, 0.2) is 0 Å². The highest BCUT2D eigenvalue weighted by molar-refractivity contribution is 5.79. The van der Waals surface area contributed by atoms with Crippen molar-refractivity contribution in [3.05, 3.63) is 42.7 Å². The van der Waals surface area contributed by atoms with Crippen molar-refractivity contribution in [1.82, 2.24) is 14.9 Å². The largest absolute Gasteiger partial charge is 0.368 e. The quantitative estimate of drug-likeness (QED) is 0.815. The van der Waals surface area contributed by atoms with E-state index < -0.39 is 0 Å². The fourth-order valence-electron chi connectivity index (χ4n) is 2.32. The standard InChI is InChI=1S/C16H22N4O/c1-12(2)19-14(15(17)21)8-10-20-11-9-18-16(20)13-6-4-3-5-7-13/h3-7,9,11-12,14,19H,8,10H2,1-2H3,(H2,17,21). The van der Waals surface area contributed by atoms with Gasteiger partial charge < -0.3 is 15.6 Å². The number of rotatable bonds is 7. The van der Waals surface area contributed by atoms with Gasteiger partial charge in [0.1, 0.15) is 5.82 Å². The molecule has 5 nitrogen and oxygen atoms in total. The molecule has 0 saturated carbocycles. The van der Waals surface area contributed by atoms with Crippen molar-refractivity contribution in [3.63, 3.8) is 0 Å². The maximum Gasteiger partial charge on any atom is 0.234 e. The van der Waals surface area contributed by atoms with Gasteiger partial charge >= 0.3 is 0 Å². The van der Waals surface area contributed by atoms with Gasteiger partial charge in [-0.2, -0.15) is 0 Å². The molecule has 1 aromatic heterocycles. The molecule has 3 N–H and O–H groups in total. The second kappa shape index (κ2) is 7.04. The molecule has 0 bridgehead atoms. The van der Waals surface area contributed by atoms with Crippen molar-refractivity contribution in [2.75, 3.05) is 0 Å². The van der Waals surface area contributed by atoms with Gasteiger partial charge in [-0.05, 0) is 6.42 Å². The zero-order valence-electron chi connectivity index (χ0n) is 12.5. The Morgan fingerprint density at radius 1 is 1.33 bits per heavy atom. The lowest BCUT2D eigenvalue weighted by Crippen LogP contribution is -2.45. The molecule has 0 aliphatic carbocycles. The first-order valence-electron chi connectivity index (χ1n) is 7.20. The van der Waals surface area contributed by atoms with E-state index in [4.69, 9.17) is 5.73 Å². The Bertz CT molecular complexity index is 577. The summed E-state index contributed by atoms with van der Waals surface area (Å²) in [4.78, 5) is 15.9. The topological polar surface area (TPSA) is 72.9 Å². The molecule has 1 aromatic carbocycles. The lowest BCUT2D eigenvalue weighted by atomic mass is 10.1. The highest BCUT2D eigenvalue weighted by Gasteiger charge is 2.16. The summed E-state index contributed by atoms with van der Waals surface area (Å²) in [5, 5.41) is 3.19. The zero-order valence-corrected chi connectivity index (χ0v) is 12.5. The van der Waals surface area contributed by atoms with E-state index in [-0.39, 0.29) is 18.0 Å². The van der Waals surface area contributed by atoms with Crippen LogP contribution < -0.4 is 11.1 Å². The predicted molar refractivity (Wildman–Crippen MR) is 83.5 cm³/mol. The van der Waals surface area contributed by atoms with Gasteiger partial charge in [0.2, 0.25) is 5.91 Å². The van der Waals surface area contributed by atoms with Gasteiger partial charge in [-0.15, -0.1) is 0 Å². The minimum absolute atomic E-state index is 0.221. The summed E-state index contributed by atoms with van der Waals surface area (Å²) in [6.07, 6.45) is 4.34. The molecule has 1 amide bonds. The number of aryl methyl sites for hydroxylation is 1. The van der Waals surface area contributed by atoms with Crippen LogP contribution in [0.5, 0.6) is 0 Å². The molecule has 1 heterocycles. The summed E-state index contributed by atoms with van der Waals surface area (Å²) < 4.78 is 2.05. The van der Waals surface area contributed by atoms with Gasteiger partial charge in [0.05, 0.1) is 6.04 Å². The van der Waals surface area contributed by atoms with Crippen LogP contribution in [0.2, 0.25) is 0 Å². The first-order chi connectivity index (χ1) is 10.1. The number of nitrogens with one attached hydrogen (secondary N) is 1. The number of amides is 1. The van der Waals surface area contributed by atoms with Crippen molar-refractivity contribution in [1.29, 1.82) is 0 Å². The second-order valence-electron chi connectivity index (χ2n) is 5.38. The Balaban J connectivity index is 2.07. The molecule has 0 fully saturated rings. The number of hydrogen-bond donors (Lipinski definition) is 2. The number of aromatic nitrogens is 2. The molecule has 0 saturated heterocycles. The highest BCUT2D eigenvalue weighted by atomic mass is 16.1. The lowest BCUT2D eigenvalue weighted by molar-refractivity contribution is -0.120. The molecule has 0 spiro atoms. The average Bonchev–Trinajstić information content (AvgIpc) is 2.92. The summed E-state index contributed by atoms with van der Waals surface area (Å²) in [5.41, 5.74) is 6.51. The van der Waals surface area contributed by atoms with Crippen LogP contribution in [0.25, 0.3) is 11.4 Å². The number of primary amides is 1. The summed E-state index contributed by atoms with van der Waals surface area (Å²) in [7, 11) is 0. The fourth-order valence-corrected chi connectivity index (χ4v) is 2.32. The van der Waals surface area contributed by atoms with Crippen LogP contribution in [-0.4, -0.2) is 27.5 Å². The van der Waals surface area contributed by atoms with Gasteiger partial charge in [0.25, 0.3) is 0 Å². The molecule has 5 heteroatoms. The number of nitrogens with two attached hydrogens (primary N) is 1. The highest BCUT2D eigenvalue weighted by Crippen LogP contribution is 2.17. The SMILES string of the molecule is CC(C)NC(CCn1ccnc1-c1ccccc1)C(N)=O. The van der Waals surface area contributed by atoms with E-state index in [9.17, 15) is 4.79 Å². The fraction of sp³-hybridized carbons (Fsp3) is 0.375. The first-order valence-corrected chi connectivity index (χ1v) is 7.20. The number of nitrogens with zero attached hydrogens (tertiary/aromatic N) is 2. The molecule has 112 valence electrons. The van der Waals surface area contributed by atoms with Crippen LogP contribution in [0.3, 0.4) is 0 Å². The minimum atomic E-state index is -0.323. The smallest absolute Gasteiger partial charge is 0.234 e. The van der Waals surface area contributed by atoms with E-state index in [1.54, 1.807) is 6.20 Å². The summed E-state index contributed by atoms with van der Waals surface area (Å²) in [6, 6.07) is 9.90. The van der Waals surface area contributed by atoms with Crippen molar-refractivity contribution >= 4 is 5.91 Å². The molecule has 0 aliphatic heterocycles. The first kappa shape index (κ1) is 15.3. The molecule has 21 heavy (non-hydrogen) atoms. The zero-order chi connectivity index (χ0) is 15.2. The molecule has 2 rings (SSSR count). The van der Waals surface area contributed by atoms with Crippen molar-refractivity contribution in [2.24, 2.45) is 5.73 Å². The van der Waals surface area contributed by atoms with E-state index in [1.165, 1.54) is 0 Å². The molecular formula is C16H22N4O. The minimum Gasteiger partial charge on any atom is -0.368 e. The van der Waals surface area contributed by atoms with Crippen LogP contribution in [-0.2, 0) is 11.3 Å². The summed E-state index contributed by atoms with van der Waals surface area (Å²) in [6.45, 7) is 4.70. The maximum absolute atomic E-state index is 11.5. The molecule has 0 radical (unpaired) electrons. The second-order valence-corrected chi connectivity index (χ2v) is 5.38. The monoisotopic (exact) mass is 286 g/mol. The summed E-state index contributed by atoms with van der Waals surface area (Å²) >= 11 is 0. The molecular weight excluding hydrogens is 264 g/mol. The number of carbonyl (C=O) groups excluding carboxylic acids is 1. The number of carbonyl (C=O) groups is 1. The molecule has 1 atom stereocenters. The maximum atomic E-state index is 11.5. The van der Waals surface area contributed by atoms with Gasteiger partial charge in [-0.25, -0.2) is 4.98 Å². The van der Waals surface area contributed by atoms with Crippen LogP contribution in [0.4, 0.5) is 0 Å². The molecule has 0 aliphatic rings. The van der Waals surface area contributed by atoms with Crippen LogP contribution in [0, 0.1) is 0 Å². The van der Waals surface area contributed by atoms with Gasteiger partial charge in [0, 0.05) is 30.5 Å². The Labute approximate surface area is 125 Å². The third kappa shape index (κ3) is 4.16. The average molecular weight is 286 g/mol. The predicted octanol–water partition coefficient (Wildman–Crippen LogP) is 1.79. The van der Waals surface area contributed by atoms with Gasteiger partial charge in [-0.3, -0.25) is 4.79 Å². The van der Waals surface area contributed by atoms with E-state index in [1.807, 2.05) is 54.9 Å². The van der Waals surface area contributed by atoms with E-state index in [2.05, 4.69) is 10.3 Å². The van der Waals surface area contributed by atoms with Crippen LogP contribution in [0.1, 0.15) is 20.3 Å². The molecule has 2 aromatic rings. The van der Waals surface area contributed by atoms with E-state index >= 15 is 0 Å². The number of benzene rings is 1.